The molecule has 0 saturated carbocycles. The number of hydrazone groups is 1. The number of para-hydroxylation sites is 1. The van der Waals surface area contributed by atoms with E-state index in [1.165, 1.54) is 18.3 Å². The highest BCUT2D eigenvalue weighted by Gasteiger charge is 2.15. The van der Waals surface area contributed by atoms with Crippen molar-refractivity contribution in [3.05, 3.63) is 86.6 Å². The Kier molecular flexibility index (Phi) is 5.77. The molecule has 1 aromatic heterocycles. The first-order valence-electron chi connectivity index (χ1n) is 7.93. The zero-order valence-corrected chi connectivity index (χ0v) is 15.5. The smallest absolute Gasteiger partial charge is 0.273 e. The van der Waals surface area contributed by atoms with Crippen molar-refractivity contribution in [1.29, 1.82) is 0 Å². The fourth-order valence-electron chi connectivity index (χ4n) is 2.44. The van der Waals surface area contributed by atoms with Crippen LogP contribution in [-0.2, 0) is 11.2 Å². The van der Waals surface area contributed by atoms with Crippen molar-refractivity contribution in [2.45, 2.75) is 6.42 Å². The summed E-state index contributed by atoms with van der Waals surface area (Å²) in [5, 5.41) is 14.8. The molecule has 27 heavy (non-hydrogen) atoms. The van der Waals surface area contributed by atoms with Crippen LogP contribution in [0.2, 0.25) is 0 Å². The number of carbonyl (C=O) groups is 1. The molecule has 1 N–H and O–H groups in total. The molecule has 2 aromatic carbocycles. The summed E-state index contributed by atoms with van der Waals surface area (Å²) in [7, 11) is 0. The number of nitrogens with one attached hydrogen (secondary N) is 1. The Morgan fingerprint density at radius 3 is 2.78 bits per heavy atom. The van der Waals surface area contributed by atoms with E-state index >= 15 is 0 Å². The van der Waals surface area contributed by atoms with Gasteiger partial charge < -0.3 is 4.42 Å². The Morgan fingerprint density at radius 1 is 1.19 bits per heavy atom. The van der Waals surface area contributed by atoms with Crippen LogP contribution in [0, 0.1) is 10.1 Å². The summed E-state index contributed by atoms with van der Waals surface area (Å²) in [6, 6.07) is 17.3. The lowest BCUT2D eigenvalue weighted by atomic mass is 10.1. The normalized spacial score (nSPS) is 10.9. The van der Waals surface area contributed by atoms with Gasteiger partial charge in [-0.25, -0.2) is 5.43 Å². The predicted octanol–water partition coefficient (Wildman–Crippen LogP) is 4.31. The lowest BCUT2D eigenvalue weighted by molar-refractivity contribution is -0.385. The highest BCUT2D eigenvalue weighted by molar-refractivity contribution is 9.10. The van der Waals surface area contributed by atoms with Crippen molar-refractivity contribution >= 4 is 33.7 Å². The third-order valence-electron chi connectivity index (χ3n) is 3.66. The largest absolute Gasteiger partial charge is 0.455 e. The topological polar surface area (TPSA) is 97.7 Å². The summed E-state index contributed by atoms with van der Waals surface area (Å²) in [4.78, 5) is 22.4. The number of amides is 1. The Labute approximate surface area is 163 Å². The molecule has 1 heterocycles. The van der Waals surface area contributed by atoms with Crippen LogP contribution in [0.1, 0.15) is 11.3 Å². The van der Waals surface area contributed by atoms with Gasteiger partial charge in [-0.05, 0) is 24.3 Å². The summed E-state index contributed by atoms with van der Waals surface area (Å²) < 4.78 is 6.60. The fourth-order valence-corrected chi connectivity index (χ4v) is 2.84. The third kappa shape index (κ3) is 4.89. The zero-order chi connectivity index (χ0) is 19.2. The molecule has 0 radical (unpaired) electrons. The van der Waals surface area contributed by atoms with E-state index in [0.717, 1.165) is 10.0 Å². The van der Waals surface area contributed by atoms with Gasteiger partial charge in [-0.2, -0.15) is 5.10 Å². The van der Waals surface area contributed by atoms with E-state index in [-0.39, 0.29) is 12.1 Å². The van der Waals surface area contributed by atoms with Crippen LogP contribution in [0.15, 0.2) is 74.7 Å². The molecular weight excluding hydrogens is 414 g/mol. The van der Waals surface area contributed by atoms with E-state index in [9.17, 15) is 14.9 Å². The van der Waals surface area contributed by atoms with E-state index in [0.29, 0.717) is 17.1 Å². The van der Waals surface area contributed by atoms with Crippen molar-refractivity contribution in [1.82, 2.24) is 5.43 Å². The first-order chi connectivity index (χ1) is 13.0. The van der Waals surface area contributed by atoms with Crippen molar-refractivity contribution in [2.75, 3.05) is 0 Å². The van der Waals surface area contributed by atoms with Gasteiger partial charge in [-0.1, -0.05) is 46.3 Å². The van der Waals surface area contributed by atoms with Gasteiger partial charge in [0.15, 0.2) is 0 Å². The maximum absolute atomic E-state index is 12.0. The van der Waals surface area contributed by atoms with Crippen LogP contribution in [0.25, 0.3) is 11.3 Å². The van der Waals surface area contributed by atoms with Crippen LogP contribution < -0.4 is 5.43 Å². The summed E-state index contributed by atoms with van der Waals surface area (Å²) in [5.74, 6) is 0.680. The number of nitro groups is 1. The van der Waals surface area contributed by atoms with Gasteiger partial charge in [0.1, 0.15) is 11.5 Å². The summed E-state index contributed by atoms with van der Waals surface area (Å²) in [5.41, 5.74) is 3.48. The van der Waals surface area contributed by atoms with Gasteiger partial charge in [-0.3, -0.25) is 14.9 Å². The van der Waals surface area contributed by atoms with Crippen molar-refractivity contribution < 1.29 is 14.1 Å². The molecule has 0 saturated heterocycles. The van der Waals surface area contributed by atoms with E-state index in [1.54, 1.807) is 24.3 Å². The standard InChI is InChI=1S/C19H14BrN3O4/c20-15-6-3-5-14(10-15)18-9-8-16(27-18)12-21-22-19(24)11-13-4-1-2-7-17(13)23(25)26/h1-10,12H,11H2,(H,22,24). The number of nitrogens with zero attached hydrogens (tertiary/aromatic N) is 2. The van der Waals surface area contributed by atoms with Gasteiger partial charge in [0.25, 0.3) is 5.69 Å². The lowest BCUT2D eigenvalue weighted by Crippen LogP contribution is -2.20. The monoisotopic (exact) mass is 427 g/mol. The average molecular weight is 428 g/mol. The molecule has 0 fully saturated rings. The van der Waals surface area contributed by atoms with Crippen molar-refractivity contribution in [3.63, 3.8) is 0 Å². The van der Waals surface area contributed by atoms with Crippen molar-refractivity contribution in [3.8, 4) is 11.3 Å². The van der Waals surface area contributed by atoms with Crippen LogP contribution in [0.4, 0.5) is 5.69 Å². The molecule has 0 aliphatic rings. The molecule has 0 spiro atoms. The molecule has 0 bridgehead atoms. The van der Waals surface area contributed by atoms with Crippen LogP contribution in [0.5, 0.6) is 0 Å². The Morgan fingerprint density at radius 2 is 2.00 bits per heavy atom. The van der Waals surface area contributed by atoms with Crippen LogP contribution >= 0.6 is 15.9 Å². The van der Waals surface area contributed by atoms with Gasteiger partial charge >= 0.3 is 0 Å². The summed E-state index contributed by atoms with van der Waals surface area (Å²) in [6.07, 6.45) is 1.23. The summed E-state index contributed by atoms with van der Waals surface area (Å²) >= 11 is 3.41. The third-order valence-corrected chi connectivity index (χ3v) is 4.15. The average Bonchev–Trinajstić information content (AvgIpc) is 3.11. The molecular formula is C19H14BrN3O4. The Hall–Kier alpha value is -3.26. The Balaban J connectivity index is 1.61. The van der Waals surface area contributed by atoms with E-state index in [4.69, 9.17) is 4.42 Å². The second-order valence-electron chi connectivity index (χ2n) is 5.57. The molecule has 0 aliphatic carbocycles. The number of benzene rings is 2. The second-order valence-corrected chi connectivity index (χ2v) is 6.48. The fraction of sp³-hybridized carbons (Fsp3) is 0.0526. The molecule has 3 rings (SSSR count). The number of nitro benzene ring substituents is 1. The molecule has 7 nitrogen and oxygen atoms in total. The molecule has 0 atom stereocenters. The minimum atomic E-state index is -0.516. The SMILES string of the molecule is O=C(Cc1ccccc1[N+](=O)[O-])NN=Cc1ccc(-c2cccc(Br)c2)o1. The quantitative estimate of drug-likeness (QED) is 0.359. The molecule has 0 aliphatic heterocycles. The minimum absolute atomic E-state index is 0.0960. The number of halogens is 1. The highest BCUT2D eigenvalue weighted by atomic mass is 79.9. The van der Waals surface area contributed by atoms with Crippen LogP contribution in [0.3, 0.4) is 0 Å². The first-order valence-corrected chi connectivity index (χ1v) is 8.72. The Bertz CT molecular complexity index is 1010. The summed E-state index contributed by atoms with van der Waals surface area (Å²) in [6.45, 7) is 0. The number of hydrogen-bond donors (Lipinski definition) is 1. The van der Waals surface area contributed by atoms with Gasteiger partial charge in [0, 0.05) is 21.7 Å². The predicted molar refractivity (Wildman–Crippen MR) is 104 cm³/mol. The number of furan rings is 1. The highest BCUT2D eigenvalue weighted by Crippen LogP contribution is 2.24. The number of carbonyl (C=O) groups excluding carboxylic acids is 1. The zero-order valence-electron chi connectivity index (χ0n) is 14.0. The maximum Gasteiger partial charge on any atom is 0.273 e. The van der Waals surface area contributed by atoms with Gasteiger partial charge in [0.2, 0.25) is 5.91 Å². The molecule has 136 valence electrons. The van der Waals surface area contributed by atoms with E-state index in [1.807, 2.05) is 24.3 Å². The van der Waals surface area contributed by atoms with E-state index in [2.05, 4.69) is 26.5 Å². The lowest BCUT2D eigenvalue weighted by Gasteiger charge is -2.01. The van der Waals surface area contributed by atoms with Gasteiger partial charge in [-0.15, -0.1) is 0 Å². The van der Waals surface area contributed by atoms with E-state index < -0.39 is 10.8 Å². The number of hydrogen-bond acceptors (Lipinski definition) is 5. The molecule has 3 aromatic rings. The molecule has 8 heteroatoms. The molecule has 0 unspecified atom stereocenters. The van der Waals surface area contributed by atoms with Crippen molar-refractivity contribution in [2.24, 2.45) is 5.10 Å². The minimum Gasteiger partial charge on any atom is -0.455 e. The first kappa shape index (κ1) is 18.5. The molecule has 1 amide bonds. The number of rotatable bonds is 6. The van der Waals surface area contributed by atoms with Gasteiger partial charge in [0.05, 0.1) is 17.6 Å². The maximum atomic E-state index is 12.0. The van der Waals surface area contributed by atoms with Crippen LogP contribution in [-0.4, -0.2) is 17.0 Å². The second kappa shape index (κ2) is 8.41.